The van der Waals surface area contributed by atoms with Crippen molar-refractivity contribution < 1.29 is 33.1 Å². The van der Waals surface area contributed by atoms with E-state index in [1.54, 1.807) is 48.5 Å². The van der Waals surface area contributed by atoms with Gasteiger partial charge in [-0.05, 0) is 61.9 Å². The van der Waals surface area contributed by atoms with Crippen molar-refractivity contribution in [3.63, 3.8) is 0 Å². The van der Waals surface area contributed by atoms with Crippen molar-refractivity contribution in [2.45, 2.75) is 27.4 Å². The number of benzene rings is 2. The molecule has 2 aromatic carbocycles. The number of nitrogens with one attached hydrogen (secondary N) is 1. The Hall–Kier alpha value is -4.40. The SMILES string of the molecule is COc1cc(/C=C/C(=O)OCC(=O)c2ccc(NC(C)=O)cc2)ccc1OCc1c(C)noc1C. The van der Waals surface area contributed by atoms with Crippen LogP contribution in [0.4, 0.5) is 5.69 Å². The van der Waals surface area contributed by atoms with Crippen molar-refractivity contribution in [3.05, 3.63) is 76.7 Å². The van der Waals surface area contributed by atoms with E-state index in [1.807, 2.05) is 13.8 Å². The van der Waals surface area contributed by atoms with Gasteiger partial charge in [0.2, 0.25) is 5.91 Å². The molecule has 1 amide bonds. The Bertz CT molecular complexity index is 1220. The molecule has 0 aliphatic rings. The fraction of sp³-hybridized carbons (Fsp3) is 0.231. The first-order valence-corrected chi connectivity index (χ1v) is 10.7. The fourth-order valence-corrected chi connectivity index (χ4v) is 3.14. The number of esters is 1. The lowest BCUT2D eigenvalue weighted by Crippen LogP contribution is -2.13. The second-order valence-electron chi connectivity index (χ2n) is 7.62. The summed E-state index contributed by atoms with van der Waals surface area (Å²) in [7, 11) is 1.52. The molecule has 35 heavy (non-hydrogen) atoms. The average molecular weight is 479 g/mol. The highest BCUT2D eigenvalue weighted by Crippen LogP contribution is 2.30. The molecule has 0 bridgehead atoms. The van der Waals surface area contributed by atoms with E-state index < -0.39 is 12.6 Å². The molecule has 1 N–H and O–H groups in total. The van der Waals surface area contributed by atoms with Gasteiger partial charge in [-0.3, -0.25) is 9.59 Å². The first-order chi connectivity index (χ1) is 16.8. The number of amides is 1. The summed E-state index contributed by atoms with van der Waals surface area (Å²) in [5.41, 5.74) is 3.26. The highest BCUT2D eigenvalue weighted by atomic mass is 16.5. The predicted molar refractivity (Wildman–Crippen MR) is 128 cm³/mol. The topological polar surface area (TPSA) is 117 Å². The van der Waals surface area contributed by atoms with Crippen LogP contribution in [0, 0.1) is 13.8 Å². The zero-order valence-corrected chi connectivity index (χ0v) is 19.9. The first-order valence-electron chi connectivity index (χ1n) is 10.7. The number of rotatable bonds is 10. The largest absolute Gasteiger partial charge is 0.493 e. The van der Waals surface area contributed by atoms with Gasteiger partial charge in [-0.25, -0.2) is 4.79 Å². The zero-order valence-electron chi connectivity index (χ0n) is 19.9. The molecule has 0 saturated heterocycles. The van der Waals surface area contributed by atoms with Gasteiger partial charge in [0.05, 0.1) is 18.4 Å². The highest BCUT2D eigenvalue weighted by molar-refractivity contribution is 5.99. The Morgan fingerprint density at radius 2 is 1.80 bits per heavy atom. The molecule has 0 aliphatic heterocycles. The summed E-state index contributed by atoms with van der Waals surface area (Å²) in [6.45, 7) is 4.94. The van der Waals surface area contributed by atoms with Crippen LogP contribution in [-0.4, -0.2) is 36.5 Å². The van der Waals surface area contributed by atoms with Gasteiger partial charge >= 0.3 is 5.97 Å². The van der Waals surface area contributed by atoms with Crippen molar-refractivity contribution in [3.8, 4) is 11.5 Å². The quantitative estimate of drug-likeness (QED) is 0.261. The van der Waals surface area contributed by atoms with Crippen LogP contribution < -0.4 is 14.8 Å². The van der Waals surface area contributed by atoms with Crippen molar-refractivity contribution >= 4 is 29.4 Å². The number of methoxy groups -OCH3 is 1. The minimum absolute atomic E-state index is 0.207. The molecule has 1 heterocycles. The van der Waals surface area contributed by atoms with E-state index >= 15 is 0 Å². The lowest BCUT2D eigenvalue weighted by Gasteiger charge is -2.11. The maximum absolute atomic E-state index is 12.2. The number of Topliss-reactive ketones (excluding diaryl/α,β-unsaturated/α-hetero) is 1. The van der Waals surface area contributed by atoms with Gasteiger partial charge in [0, 0.05) is 24.3 Å². The number of anilines is 1. The molecular formula is C26H26N2O7. The summed E-state index contributed by atoms with van der Waals surface area (Å²) in [6.07, 6.45) is 2.78. The summed E-state index contributed by atoms with van der Waals surface area (Å²) in [5, 5.41) is 6.52. The normalized spacial score (nSPS) is 10.7. The maximum atomic E-state index is 12.2. The Balaban J connectivity index is 1.54. The van der Waals surface area contributed by atoms with E-state index in [0.29, 0.717) is 34.1 Å². The summed E-state index contributed by atoms with van der Waals surface area (Å²) in [4.78, 5) is 35.4. The number of hydrogen-bond acceptors (Lipinski definition) is 8. The van der Waals surface area contributed by atoms with Gasteiger partial charge in [0.25, 0.3) is 0 Å². The Morgan fingerprint density at radius 3 is 2.43 bits per heavy atom. The molecule has 9 heteroatoms. The van der Waals surface area contributed by atoms with Crippen LogP contribution in [0.5, 0.6) is 11.5 Å². The average Bonchev–Trinajstić information content (AvgIpc) is 3.17. The Morgan fingerprint density at radius 1 is 1.06 bits per heavy atom. The third-order valence-electron chi connectivity index (χ3n) is 5.03. The van der Waals surface area contributed by atoms with E-state index in [4.69, 9.17) is 18.7 Å². The van der Waals surface area contributed by atoms with Crippen LogP contribution in [0.25, 0.3) is 6.08 Å². The van der Waals surface area contributed by atoms with E-state index in [1.165, 1.54) is 20.1 Å². The number of ketones is 1. The summed E-state index contributed by atoms with van der Waals surface area (Å²) < 4.78 is 21.4. The van der Waals surface area contributed by atoms with Crippen LogP contribution in [0.1, 0.15) is 39.9 Å². The van der Waals surface area contributed by atoms with Crippen LogP contribution >= 0.6 is 0 Å². The van der Waals surface area contributed by atoms with Gasteiger partial charge in [-0.15, -0.1) is 0 Å². The van der Waals surface area contributed by atoms with Crippen LogP contribution in [-0.2, 0) is 20.9 Å². The lowest BCUT2D eigenvalue weighted by molar-refractivity contribution is -0.136. The number of hydrogen-bond donors (Lipinski definition) is 1. The molecule has 0 unspecified atom stereocenters. The minimum atomic E-state index is -0.661. The van der Waals surface area contributed by atoms with Crippen LogP contribution in [0.3, 0.4) is 0 Å². The number of carbonyl (C=O) groups is 3. The van der Waals surface area contributed by atoms with Gasteiger partial charge in [0.1, 0.15) is 12.4 Å². The number of ether oxygens (including phenoxy) is 3. The van der Waals surface area contributed by atoms with E-state index in [-0.39, 0.29) is 18.3 Å². The summed E-state index contributed by atoms with van der Waals surface area (Å²) in [5.74, 6) is 0.489. The molecule has 9 nitrogen and oxygen atoms in total. The van der Waals surface area contributed by atoms with Gasteiger partial charge in [-0.2, -0.15) is 0 Å². The van der Waals surface area contributed by atoms with Crippen molar-refractivity contribution in [2.24, 2.45) is 0 Å². The summed E-state index contributed by atoms with van der Waals surface area (Å²) >= 11 is 0. The molecule has 0 radical (unpaired) electrons. The van der Waals surface area contributed by atoms with Gasteiger partial charge in [-0.1, -0.05) is 11.2 Å². The second kappa shape index (κ2) is 11.6. The molecule has 0 aliphatic carbocycles. The smallest absolute Gasteiger partial charge is 0.331 e. The van der Waals surface area contributed by atoms with E-state index in [2.05, 4.69) is 10.5 Å². The standard InChI is InChI=1S/C26H26N2O7/c1-16-22(17(2)35-28-16)14-33-24-11-5-19(13-25(24)32-4)6-12-26(31)34-15-23(30)20-7-9-21(10-8-20)27-18(3)29/h5-13H,14-15H2,1-4H3,(H,27,29)/b12-6+. The van der Waals surface area contributed by atoms with Crippen molar-refractivity contribution in [1.29, 1.82) is 0 Å². The monoisotopic (exact) mass is 478 g/mol. The Labute approximate surface area is 202 Å². The minimum Gasteiger partial charge on any atom is -0.493 e. The number of aromatic nitrogens is 1. The number of carbonyl (C=O) groups excluding carboxylic acids is 3. The molecule has 0 fully saturated rings. The van der Waals surface area contributed by atoms with Crippen LogP contribution in [0.15, 0.2) is 53.1 Å². The molecule has 0 spiro atoms. The molecule has 3 aromatic rings. The van der Waals surface area contributed by atoms with Gasteiger partial charge in [0.15, 0.2) is 23.9 Å². The highest BCUT2D eigenvalue weighted by Gasteiger charge is 2.12. The molecule has 1 aromatic heterocycles. The van der Waals surface area contributed by atoms with E-state index in [0.717, 1.165) is 11.3 Å². The lowest BCUT2D eigenvalue weighted by atomic mass is 10.1. The molecule has 182 valence electrons. The predicted octanol–water partition coefficient (Wildman–Crippen LogP) is 4.28. The Kier molecular flexibility index (Phi) is 8.39. The molecule has 0 saturated carbocycles. The summed E-state index contributed by atoms with van der Waals surface area (Å²) in [6, 6.07) is 11.5. The van der Waals surface area contributed by atoms with Gasteiger partial charge < -0.3 is 24.1 Å². The molecular weight excluding hydrogens is 452 g/mol. The fourth-order valence-electron chi connectivity index (χ4n) is 3.14. The third kappa shape index (κ3) is 7.04. The van der Waals surface area contributed by atoms with Crippen molar-refractivity contribution in [1.82, 2.24) is 5.16 Å². The molecule has 0 atom stereocenters. The third-order valence-corrected chi connectivity index (χ3v) is 5.03. The zero-order chi connectivity index (χ0) is 25.4. The second-order valence-corrected chi connectivity index (χ2v) is 7.62. The molecule has 3 rings (SSSR count). The maximum Gasteiger partial charge on any atom is 0.331 e. The first kappa shape index (κ1) is 25.2. The van der Waals surface area contributed by atoms with E-state index in [9.17, 15) is 14.4 Å². The number of aryl methyl sites for hydroxylation is 2. The van der Waals surface area contributed by atoms with Crippen molar-refractivity contribution in [2.75, 3.05) is 19.0 Å². The number of nitrogens with zero attached hydrogens (tertiary/aromatic N) is 1. The van der Waals surface area contributed by atoms with Crippen LogP contribution in [0.2, 0.25) is 0 Å².